The van der Waals surface area contributed by atoms with Gasteiger partial charge in [0.25, 0.3) is 0 Å². The van der Waals surface area contributed by atoms with Crippen LogP contribution >= 0.6 is 0 Å². The van der Waals surface area contributed by atoms with Crippen LogP contribution in [-0.2, 0) is 0 Å². The molecule has 0 N–H and O–H groups in total. The summed E-state index contributed by atoms with van der Waals surface area (Å²) >= 11 is 0. The molecule has 2 nitrogen and oxygen atoms in total. The molecular formula is C44H30N2. The first-order valence-electron chi connectivity index (χ1n) is 15.6. The average molecular weight is 587 g/mol. The minimum atomic E-state index is 0.947. The lowest BCUT2D eigenvalue weighted by molar-refractivity contribution is 1.32. The van der Waals surface area contributed by atoms with Gasteiger partial charge < -0.3 is 0 Å². The zero-order valence-corrected chi connectivity index (χ0v) is 25.2. The molecule has 8 aromatic rings. The van der Waals surface area contributed by atoms with Crippen molar-refractivity contribution in [2.45, 2.75) is 0 Å². The molecule has 0 fully saturated rings. The summed E-state index contributed by atoms with van der Waals surface area (Å²) in [5.41, 5.74) is 14.1. The van der Waals surface area contributed by atoms with Crippen LogP contribution < -0.4 is 0 Å². The monoisotopic (exact) mass is 586 g/mol. The summed E-state index contributed by atoms with van der Waals surface area (Å²) in [5.74, 6) is 0. The normalized spacial score (nSPS) is 11.0. The highest BCUT2D eigenvalue weighted by molar-refractivity contribution is 5.99. The summed E-state index contributed by atoms with van der Waals surface area (Å²) in [6.07, 6.45) is 0. The zero-order chi connectivity index (χ0) is 30.7. The first kappa shape index (κ1) is 27.4. The maximum Gasteiger partial charge on any atom is 0.0716 e. The van der Waals surface area contributed by atoms with Crippen LogP contribution in [0, 0.1) is 0 Å². The van der Waals surface area contributed by atoms with Crippen LogP contribution in [0.1, 0.15) is 0 Å². The maximum atomic E-state index is 5.14. The molecule has 0 spiro atoms. The number of fused-ring (bicyclic) bond motifs is 1. The summed E-state index contributed by atoms with van der Waals surface area (Å²) in [6.45, 7) is 0. The van der Waals surface area contributed by atoms with E-state index >= 15 is 0 Å². The van der Waals surface area contributed by atoms with Crippen LogP contribution in [0.3, 0.4) is 0 Å². The predicted molar refractivity (Wildman–Crippen MR) is 192 cm³/mol. The second-order valence-electron chi connectivity index (χ2n) is 11.5. The molecule has 6 aromatic carbocycles. The quantitative estimate of drug-likeness (QED) is 0.194. The van der Waals surface area contributed by atoms with Crippen LogP contribution in [0.15, 0.2) is 182 Å². The molecule has 0 saturated carbocycles. The molecule has 0 saturated heterocycles. The Bertz CT molecular complexity index is 2200. The van der Waals surface area contributed by atoms with Crippen molar-refractivity contribution in [3.63, 3.8) is 0 Å². The van der Waals surface area contributed by atoms with E-state index in [-0.39, 0.29) is 0 Å². The highest BCUT2D eigenvalue weighted by atomic mass is 14.7. The molecule has 0 aliphatic heterocycles. The SMILES string of the molecule is c1ccc(-c2cc(-c3ccccc3)nc(-c3ccc(-c4cc(-c5ccccc5)nc5ccc(-c6ccccc6)cc45)cc3)c2)cc1. The van der Waals surface area contributed by atoms with Gasteiger partial charge in [0.2, 0.25) is 0 Å². The van der Waals surface area contributed by atoms with Gasteiger partial charge in [-0.25, -0.2) is 9.97 Å². The van der Waals surface area contributed by atoms with Gasteiger partial charge in [0.1, 0.15) is 0 Å². The molecule has 8 rings (SSSR count). The highest BCUT2D eigenvalue weighted by Crippen LogP contribution is 2.36. The third kappa shape index (κ3) is 5.49. The molecule has 0 aliphatic rings. The van der Waals surface area contributed by atoms with Crippen molar-refractivity contribution in [3.05, 3.63) is 182 Å². The van der Waals surface area contributed by atoms with Gasteiger partial charge in [-0.2, -0.15) is 0 Å². The second kappa shape index (κ2) is 12.1. The average Bonchev–Trinajstić information content (AvgIpc) is 3.15. The highest BCUT2D eigenvalue weighted by Gasteiger charge is 2.13. The fourth-order valence-electron chi connectivity index (χ4n) is 6.08. The number of nitrogens with zero attached hydrogens (tertiary/aromatic N) is 2. The van der Waals surface area contributed by atoms with Gasteiger partial charge in [0, 0.05) is 22.1 Å². The van der Waals surface area contributed by atoms with Gasteiger partial charge in [-0.1, -0.05) is 152 Å². The standard InChI is InChI=1S/C44H30N2/c1-5-13-31(14-6-1)37-25-26-41-40(27-37)39(30-44(45-41)35-19-11-4-12-20-35)33-21-23-36(24-22-33)43-29-38(32-15-7-2-8-16-32)28-42(46-43)34-17-9-3-10-18-34/h1-30H. The Hall–Kier alpha value is -6.12. The summed E-state index contributed by atoms with van der Waals surface area (Å²) in [4.78, 5) is 10.2. The van der Waals surface area contributed by atoms with E-state index in [0.717, 1.165) is 61.4 Å². The topological polar surface area (TPSA) is 25.8 Å². The lowest BCUT2D eigenvalue weighted by atomic mass is 9.94. The van der Waals surface area contributed by atoms with E-state index in [1.54, 1.807) is 0 Å². The Balaban J connectivity index is 1.26. The van der Waals surface area contributed by atoms with Crippen molar-refractivity contribution < 1.29 is 0 Å². The lowest BCUT2D eigenvalue weighted by Gasteiger charge is -2.13. The van der Waals surface area contributed by atoms with E-state index in [1.807, 2.05) is 12.1 Å². The van der Waals surface area contributed by atoms with E-state index in [1.165, 1.54) is 16.7 Å². The number of hydrogen-bond acceptors (Lipinski definition) is 2. The number of pyridine rings is 2. The van der Waals surface area contributed by atoms with Crippen molar-refractivity contribution in [1.29, 1.82) is 0 Å². The minimum Gasteiger partial charge on any atom is -0.248 e. The molecule has 0 radical (unpaired) electrons. The molecule has 46 heavy (non-hydrogen) atoms. The Morgan fingerprint density at radius 1 is 0.261 bits per heavy atom. The van der Waals surface area contributed by atoms with E-state index in [2.05, 4.69) is 170 Å². The number of hydrogen-bond donors (Lipinski definition) is 0. The van der Waals surface area contributed by atoms with Gasteiger partial charge in [0.15, 0.2) is 0 Å². The fourth-order valence-corrected chi connectivity index (χ4v) is 6.08. The fraction of sp³-hybridized carbons (Fsp3) is 0. The van der Waals surface area contributed by atoms with Crippen molar-refractivity contribution >= 4 is 10.9 Å². The molecular weight excluding hydrogens is 556 g/mol. The van der Waals surface area contributed by atoms with Gasteiger partial charge >= 0.3 is 0 Å². The van der Waals surface area contributed by atoms with Gasteiger partial charge in [-0.3, -0.25) is 0 Å². The smallest absolute Gasteiger partial charge is 0.0716 e. The molecule has 2 heteroatoms. The van der Waals surface area contributed by atoms with Crippen LogP contribution in [-0.4, -0.2) is 9.97 Å². The Morgan fingerprint density at radius 2 is 0.674 bits per heavy atom. The summed E-state index contributed by atoms with van der Waals surface area (Å²) in [5, 5.41) is 1.13. The summed E-state index contributed by atoms with van der Waals surface area (Å²) in [7, 11) is 0. The van der Waals surface area contributed by atoms with Crippen molar-refractivity contribution in [2.24, 2.45) is 0 Å². The van der Waals surface area contributed by atoms with Crippen LogP contribution in [0.2, 0.25) is 0 Å². The van der Waals surface area contributed by atoms with Crippen molar-refractivity contribution in [1.82, 2.24) is 9.97 Å². The first-order valence-corrected chi connectivity index (χ1v) is 15.6. The van der Waals surface area contributed by atoms with E-state index in [9.17, 15) is 0 Å². The predicted octanol–water partition coefficient (Wildman–Crippen LogP) is 11.6. The minimum absolute atomic E-state index is 0.947. The maximum absolute atomic E-state index is 5.14. The van der Waals surface area contributed by atoms with Gasteiger partial charge in [-0.15, -0.1) is 0 Å². The third-order valence-corrected chi connectivity index (χ3v) is 8.48. The lowest BCUT2D eigenvalue weighted by Crippen LogP contribution is -1.92. The van der Waals surface area contributed by atoms with Crippen LogP contribution in [0.25, 0.3) is 78.1 Å². The molecule has 0 unspecified atom stereocenters. The van der Waals surface area contributed by atoms with Crippen LogP contribution in [0.4, 0.5) is 0 Å². The van der Waals surface area contributed by atoms with E-state index in [4.69, 9.17) is 9.97 Å². The second-order valence-corrected chi connectivity index (χ2v) is 11.5. The molecule has 0 bridgehead atoms. The Morgan fingerprint density at radius 3 is 1.22 bits per heavy atom. The summed E-state index contributed by atoms with van der Waals surface area (Å²) in [6, 6.07) is 63.9. The molecule has 0 atom stereocenters. The number of benzene rings is 6. The number of rotatable bonds is 6. The van der Waals surface area contributed by atoms with Gasteiger partial charge in [0.05, 0.1) is 22.6 Å². The molecule has 0 amide bonds. The van der Waals surface area contributed by atoms with Crippen molar-refractivity contribution in [2.75, 3.05) is 0 Å². The third-order valence-electron chi connectivity index (χ3n) is 8.48. The van der Waals surface area contributed by atoms with E-state index in [0.29, 0.717) is 0 Å². The van der Waals surface area contributed by atoms with E-state index < -0.39 is 0 Å². The Kier molecular flexibility index (Phi) is 7.22. The number of aromatic nitrogens is 2. The molecule has 0 aliphatic carbocycles. The van der Waals surface area contributed by atoms with Gasteiger partial charge in [-0.05, 0) is 63.7 Å². The summed E-state index contributed by atoms with van der Waals surface area (Å²) < 4.78 is 0. The molecule has 216 valence electrons. The van der Waals surface area contributed by atoms with Crippen molar-refractivity contribution in [3.8, 4) is 67.2 Å². The zero-order valence-electron chi connectivity index (χ0n) is 25.2. The molecule has 2 aromatic heterocycles. The van der Waals surface area contributed by atoms with Crippen LogP contribution in [0.5, 0.6) is 0 Å². The Labute approximate surface area is 269 Å². The largest absolute Gasteiger partial charge is 0.248 e. The molecule has 2 heterocycles. The first-order chi connectivity index (χ1) is 22.8.